The van der Waals surface area contributed by atoms with Crippen molar-refractivity contribution >= 4 is 27.5 Å². The van der Waals surface area contributed by atoms with Crippen LogP contribution in [-0.4, -0.2) is 70.0 Å². The van der Waals surface area contributed by atoms with Gasteiger partial charge in [-0.05, 0) is 55.3 Å². The molecule has 0 N–H and O–H groups in total. The standard InChI is InChI=1S/C22H27ClN2O5S/c1-16-12-17(2)14-19(13-16)30-11-6-24(3)22(26)18-4-5-20(23)21(15-18)31(27,28)25-7-9-29-10-8-25/h4-5,12-15H,6-11H2,1-3H3. The van der Waals surface area contributed by atoms with Crippen molar-refractivity contribution < 1.29 is 22.7 Å². The Morgan fingerprint density at radius 3 is 2.42 bits per heavy atom. The lowest BCUT2D eigenvalue weighted by atomic mass is 10.1. The maximum atomic E-state index is 13.0. The summed E-state index contributed by atoms with van der Waals surface area (Å²) in [7, 11) is -2.16. The molecule has 7 nitrogen and oxygen atoms in total. The smallest absolute Gasteiger partial charge is 0.253 e. The van der Waals surface area contributed by atoms with Gasteiger partial charge in [0.15, 0.2) is 0 Å². The van der Waals surface area contributed by atoms with E-state index in [1.807, 2.05) is 26.0 Å². The van der Waals surface area contributed by atoms with E-state index in [1.54, 1.807) is 7.05 Å². The number of benzene rings is 2. The topological polar surface area (TPSA) is 76.2 Å². The highest BCUT2D eigenvalue weighted by Crippen LogP contribution is 2.27. The van der Waals surface area contributed by atoms with Crippen LogP contribution >= 0.6 is 11.6 Å². The van der Waals surface area contributed by atoms with E-state index in [-0.39, 0.29) is 34.5 Å². The van der Waals surface area contributed by atoms with Gasteiger partial charge in [-0.25, -0.2) is 8.42 Å². The summed E-state index contributed by atoms with van der Waals surface area (Å²) in [4.78, 5) is 14.3. The monoisotopic (exact) mass is 466 g/mol. The first-order valence-corrected chi connectivity index (χ1v) is 11.8. The van der Waals surface area contributed by atoms with E-state index in [4.69, 9.17) is 21.1 Å². The molecule has 1 aliphatic rings. The molecule has 2 aromatic carbocycles. The molecule has 0 aliphatic carbocycles. The Balaban J connectivity index is 1.68. The zero-order chi connectivity index (χ0) is 22.6. The Labute approximate surface area is 188 Å². The molecular formula is C22H27ClN2O5S. The van der Waals surface area contributed by atoms with Crippen LogP contribution in [0.3, 0.4) is 0 Å². The van der Waals surface area contributed by atoms with Crippen molar-refractivity contribution in [2.75, 3.05) is 46.5 Å². The Morgan fingerprint density at radius 1 is 1.13 bits per heavy atom. The molecule has 1 saturated heterocycles. The van der Waals surface area contributed by atoms with Crippen LogP contribution in [0, 0.1) is 13.8 Å². The highest BCUT2D eigenvalue weighted by Gasteiger charge is 2.29. The summed E-state index contributed by atoms with van der Waals surface area (Å²) in [6.07, 6.45) is 0. The molecule has 1 heterocycles. The van der Waals surface area contributed by atoms with Crippen LogP contribution in [0.2, 0.25) is 5.02 Å². The van der Waals surface area contributed by atoms with Crippen molar-refractivity contribution in [1.29, 1.82) is 0 Å². The number of halogens is 1. The fourth-order valence-electron chi connectivity index (χ4n) is 3.40. The van der Waals surface area contributed by atoms with Gasteiger partial charge in [-0.1, -0.05) is 17.7 Å². The van der Waals surface area contributed by atoms with Gasteiger partial charge in [0.25, 0.3) is 5.91 Å². The Hall–Kier alpha value is -2.13. The highest BCUT2D eigenvalue weighted by atomic mass is 35.5. The van der Waals surface area contributed by atoms with Crippen LogP contribution in [-0.2, 0) is 14.8 Å². The first-order valence-electron chi connectivity index (χ1n) is 10.0. The number of carbonyl (C=O) groups is 1. The number of ether oxygens (including phenoxy) is 2. The van der Waals surface area contributed by atoms with E-state index in [0.717, 1.165) is 16.9 Å². The molecular weight excluding hydrogens is 440 g/mol. The summed E-state index contributed by atoms with van der Waals surface area (Å²) in [5, 5.41) is 0.0869. The number of hydrogen-bond donors (Lipinski definition) is 0. The minimum Gasteiger partial charge on any atom is -0.492 e. The lowest BCUT2D eigenvalue weighted by Crippen LogP contribution is -2.40. The van der Waals surface area contributed by atoms with E-state index in [1.165, 1.54) is 27.4 Å². The second kappa shape index (κ2) is 9.99. The minimum atomic E-state index is -3.81. The number of likely N-dealkylation sites (N-methyl/N-ethyl adjacent to an activating group) is 1. The van der Waals surface area contributed by atoms with Crippen molar-refractivity contribution in [3.8, 4) is 5.75 Å². The molecule has 1 amide bonds. The average Bonchev–Trinajstić information content (AvgIpc) is 2.73. The van der Waals surface area contributed by atoms with Gasteiger partial charge in [0.05, 0.1) is 24.8 Å². The number of nitrogens with zero attached hydrogens (tertiary/aromatic N) is 2. The first kappa shape index (κ1) is 23.5. The minimum absolute atomic E-state index is 0.0678. The number of aryl methyl sites for hydroxylation is 2. The van der Waals surface area contributed by atoms with Crippen molar-refractivity contribution in [3.05, 3.63) is 58.1 Å². The highest BCUT2D eigenvalue weighted by molar-refractivity contribution is 7.89. The van der Waals surface area contributed by atoms with E-state index in [2.05, 4.69) is 6.07 Å². The summed E-state index contributed by atoms with van der Waals surface area (Å²) in [6, 6.07) is 10.3. The van der Waals surface area contributed by atoms with E-state index >= 15 is 0 Å². The maximum Gasteiger partial charge on any atom is 0.253 e. The third-order valence-corrected chi connectivity index (χ3v) is 7.38. The summed E-state index contributed by atoms with van der Waals surface area (Å²) in [6.45, 7) is 5.84. The molecule has 168 valence electrons. The van der Waals surface area contributed by atoms with E-state index in [9.17, 15) is 13.2 Å². The van der Waals surface area contributed by atoms with Crippen LogP contribution in [0.4, 0.5) is 0 Å². The maximum absolute atomic E-state index is 13.0. The third-order valence-electron chi connectivity index (χ3n) is 5.00. The summed E-state index contributed by atoms with van der Waals surface area (Å²) in [5.74, 6) is 0.447. The van der Waals surface area contributed by atoms with Gasteiger partial charge in [0.2, 0.25) is 10.0 Å². The van der Waals surface area contributed by atoms with Crippen LogP contribution < -0.4 is 4.74 Å². The van der Waals surface area contributed by atoms with Crippen molar-refractivity contribution in [1.82, 2.24) is 9.21 Å². The fourth-order valence-corrected chi connectivity index (χ4v) is 5.31. The molecule has 0 aromatic heterocycles. The van der Waals surface area contributed by atoms with Gasteiger partial charge >= 0.3 is 0 Å². The van der Waals surface area contributed by atoms with Gasteiger partial charge in [-0.15, -0.1) is 0 Å². The van der Waals surface area contributed by atoms with E-state index in [0.29, 0.717) is 26.4 Å². The number of morpholine rings is 1. The van der Waals surface area contributed by atoms with Crippen molar-refractivity contribution in [3.63, 3.8) is 0 Å². The molecule has 0 saturated carbocycles. The van der Waals surface area contributed by atoms with Crippen molar-refractivity contribution in [2.45, 2.75) is 18.7 Å². The average molecular weight is 467 g/mol. The molecule has 9 heteroatoms. The normalized spacial score (nSPS) is 15.0. The molecule has 31 heavy (non-hydrogen) atoms. The zero-order valence-electron chi connectivity index (χ0n) is 17.9. The lowest BCUT2D eigenvalue weighted by molar-refractivity contribution is 0.0730. The molecule has 3 rings (SSSR count). The van der Waals surface area contributed by atoms with Gasteiger partial charge in [0.1, 0.15) is 17.3 Å². The predicted octanol–water partition coefficient (Wildman–Crippen LogP) is 3.13. The Kier molecular flexibility index (Phi) is 7.59. The number of hydrogen-bond acceptors (Lipinski definition) is 5. The number of amides is 1. The van der Waals surface area contributed by atoms with Crippen molar-refractivity contribution in [2.24, 2.45) is 0 Å². The summed E-state index contributed by atoms with van der Waals surface area (Å²) < 4.78 is 38.3. The largest absolute Gasteiger partial charge is 0.492 e. The molecule has 1 aliphatic heterocycles. The van der Waals surface area contributed by atoms with Gasteiger partial charge < -0.3 is 14.4 Å². The molecule has 2 aromatic rings. The second-order valence-corrected chi connectivity index (χ2v) is 9.87. The van der Waals surface area contributed by atoms with Gasteiger partial charge in [-0.3, -0.25) is 4.79 Å². The quantitative estimate of drug-likeness (QED) is 0.626. The third kappa shape index (κ3) is 5.77. The number of sulfonamides is 1. The second-order valence-electron chi connectivity index (χ2n) is 7.56. The number of carbonyl (C=O) groups excluding carboxylic acids is 1. The molecule has 0 atom stereocenters. The number of rotatable bonds is 7. The SMILES string of the molecule is Cc1cc(C)cc(OCCN(C)C(=O)c2ccc(Cl)c(S(=O)(=O)N3CCOCC3)c2)c1. The fraction of sp³-hybridized carbons (Fsp3) is 0.409. The van der Waals surface area contributed by atoms with Gasteiger partial charge in [0, 0.05) is 25.7 Å². The Morgan fingerprint density at radius 2 is 1.77 bits per heavy atom. The van der Waals surface area contributed by atoms with Crippen LogP contribution in [0.5, 0.6) is 5.75 Å². The van der Waals surface area contributed by atoms with Gasteiger partial charge in [-0.2, -0.15) is 4.31 Å². The van der Waals surface area contributed by atoms with Crippen LogP contribution in [0.1, 0.15) is 21.5 Å². The first-order chi connectivity index (χ1) is 14.7. The van der Waals surface area contributed by atoms with Crippen LogP contribution in [0.25, 0.3) is 0 Å². The lowest BCUT2D eigenvalue weighted by Gasteiger charge is -2.26. The summed E-state index contributed by atoms with van der Waals surface area (Å²) in [5.41, 5.74) is 2.47. The Bertz CT molecular complexity index is 1030. The van der Waals surface area contributed by atoms with Crippen LogP contribution in [0.15, 0.2) is 41.3 Å². The van der Waals surface area contributed by atoms with E-state index < -0.39 is 10.0 Å². The zero-order valence-corrected chi connectivity index (χ0v) is 19.5. The molecule has 0 radical (unpaired) electrons. The molecule has 1 fully saturated rings. The molecule has 0 bridgehead atoms. The molecule has 0 spiro atoms. The molecule has 0 unspecified atom stereocenters. The summed E-state index contributed by atoms with van der Waals surface area (Å²) >= 11 is 6.18. The predicted molar refractivity (Wildman–Crippen MR) is 119 cm³/mol.